The molecule has 2 unspecified atom stereocenters. The molecule has 0 aromatic carbocycles. The molecule has 0 spiro atoms. The van der Waals surface area contributed by atoms with Crippen molar-refractivity contribution in [3.63, 3.8) is 0 Å². The van der Waals surface area contributed by atoms with Crippen LogP contribution in [-0.2, 0) is 9.47 Å². The molecule has 0 heterocycles. The lowest BCUT2D eigenvalue weighted by atomic mass is 10.00. The first kappa shape index (κ1) is 14.6. The number of allylic oxidation sites excluding steroid dienone is 2. The number of hydrogen-bond acceptors (Lipinski definition) is 7. The van der Waals surface area contributed by atoms with Crippen LogP contribution < -0.4 is 0 Å². The number of ether oxygens (including phenoxy) is 2. The minimum Gasteiger partial charge on any atom is -0.431 e. The molecule has 0 saturated heterocycles. The van der Waals surface area contributed by atoms with E-state index in [0.29, 0.717) is 0 Å². The Bertz CT molecular complexity index is 457. The third-order valence-corrected chi connectivity index (χ3v) is 2.25. The van der Waals surface area contributed by atoms with Crippen LogP contribution in [0.2, 0.25) is 0 Å². The Morgan fingerprint density at radius 2 is 1.95 bits per heavy atom. The summed E-state index contributed by atoms with van der Waals surface area (Å²) in [5.74, 6) is 0. The zero-order valence-corrected chi connectivity index (χ0v) is 10.2. The summed E-state index contributed by atoms with van der Waals surface area (Å²) in [6.07, 6.45) is 2.40. The highest BCUT2D eigenvalue weighted by molar-refractivity contribution is 5.61. The fraction of sp³-hybridized carbons (Fsp3) is 0.500. The molecular formula is C10H12N2O7. The maximum absolute atomic E-state index is 11.4. The van der Waals surface area contributed by atoms with Gasteiger partial charge in [-0.25, -0.2) is 4.79 Å². The molecule has 0 N–H and O–H groups in total. The second-order valence-corrected chi connectivity index (χ2v) is 4.00. The van der Waals surface area contributed by atoms with Gasteiger partial charge in [0.05, 0.1) is 11.0 Å². The zero-order valence-electron chi connectivity index (χ0n) is 10.2. The summed E-state index contributed by atoms with van der Waals surface area (Å²) in [4.78, 5) is 31.4. The highest BCUT2D eigenvalue weighted by Gasteiger charge is 2.60. The molecule has 0 aromatic rings. The maximum atomic E-state index is 11.4. The van der Waals surface area contributed by atoms with Crippen molar-refractivity contribution in [1.82, 2.24) is 0 Å². The number of rotatable bonds is 4. The summed E-state index contributed by atoms with van der Waals surface area (Å²) in [5.41, 5.74) is -2.59. The Hall–Kier alpha value is -2.45. The lowest BCUT2D eigenvalue weighted by Crippen LogP contribution is -2.54. The van der Waals surface area contributed by atoms with E-state index in [9.17, 15) is 25.0 Å². The molecule has 19 heavy (non-hydrogen) atoms. The minimum absolute atomic E-state index is 0.562. The standard InChI is InChI=1S/C10H12N2O7/c1-7(2)18-9(13)19-10(12(16)17)6-4-3-5-8(10)11(14)15/h3-8H,1-2H3. The van der Waals surface area contributed by atoms with Gasteiger partial charge in [0.2, 0.25) is 0 Å². The average Bonchev–Trinajstić information content (AvgIpc) is 2.27. The number of nitrogens with zero attached hydrogens (tertiary/aromatic N) is 2. The van der Waals surface area contributed by atoms with Crippen LogP contribution in [0, 0.1) is 20.2 Å². The van der Waals surface area contributed by atoms with E-state index in [0.717, 1.165) is 12.2 Å². The van der Waals surface area contributed by atoms with Crippen LogP contribution in [0.1, 0.15) is 13.8 Å². The first-order valence-electron chi connectivity index (χ1n) is 5.33. The normalized spacial score (nSPS) is 25.1. The number of carbonyl (C=O) groups is 1. The lowest BCUT2D eigenvalue weighted by Gasteiger charge is -2.24. The first-order chi connectivity index (χ1) is 8.79. The number of nitro groups is 2. The maximum Gasteiger partial charge on any atom is 0.514 e. The van der Waals surface area contributed by atoms with Crippen molar-refractivity contribution in [2.45, 2.75) is 31.7 Å². The van der Waals surface area contributed by atoms with E-state index in [-0.39, 0.29) is 0 Å². The Morgan fingerprint density at radius 3 is 2.42 bits per heavy atom. The Balaban J connectivity index is 3.06. The van der Waals surface area contributed by atoms with E-state index >= 15 is 0 Å². The van der Waals surface area contributed by atoms with Crippen LogP contribution in [0.3, 0.4) is 0 Å². The predicted octanol–water partition coefficient (Wildman–Crippen LogP) is 1.29. The van der Waals surface area contributed by atoms with Gasteiger partial charge in [0.15, 0.2) is 0 Å². The average molecular weight is 272 g/mol. The molecule has 2 atom stereocenters. The molecule has 1 rings (SSSR count). The van der Waals surface area contributed by atoms with Gasteiger partial charge in [-0.3, -0.25) is 20.2 Å². The molecule has 0 saturated carbocycles. The molecule has 0 radical (unpaired) electrons. The van der Waals surface area contributed by atoms with Gasteiger partial charge in [-0.05, 0) is 13.8 Å². The molecule has 9 nitrogen and oxygen atoms in total. The Kier molecular flexibility index (Phi) is 4.20. The van der Waals surface area contributed by atoms with Crippen molar-refractivity contribution < 1.29 is 24.1 Å². The van der Waals surface area contributed by atoms with E-state index in [4.69, 9.17) is 0 Å². The molecular weight excluding hydrogens is 260 g/mol. The fourth-order valence-electron chi connectivity index (χ4n) is 1.47. The largest absolute Gasteiger partial charge is 0.514 e. The van der Waals surface area contributed by atoms with Gasteiger partial charge in [0, 0.05) is 17.1 Å². The predicted molar refractivity (Wildman–Crippen MR) is 61.5 cm³/mol. The SMILES string of the molecule is CC(C)OC(=O)OC1([N+](=O)[O-])C=CC=CC1[N+](=O)[O-]. The molecule has 0 aromatic heterocycles. The summed E-state index contributed by atoms with van der Waals surface area (Å²) >= 11 is 0. The van der Waals surface area contributed by atoms with Gasteiger partial charge in [0.1, 0.15) is 0 Å². The molecule has 0 bridgehead atoms. The smallest absolute Gasteiger partial charge is 0.431 e. The van der Waals surface area contributed by atoms with E-state index in [1.807, 2.05) is 0 Å². The molecule has 0 aliphatic heterocycles. The summed E-state index contributed by atoms with van der Waals surface area (Å²) < 4.78 is 9.20. The highest BCUT2D eigenvalue weighted by Crippen LogP contribution is 2.26. The monoisotopic (exact) mass is 272 g/mol. The van der Waals surface area contributed by atoms with Crippen molar-refractivity contribution in [3.05, 3.63) is 44.5 Å². The van der Waals surface area contributed by atoms with Crippen molar-refractivity contribution >= 4 is 6.16 Å². The van der Waals surface area contributed by atoms with Crippen molar-refractivity contribution in [3.8, 4) is 0 Å². The molecule has 0 amide bonds. The van der Waals surface area contributed by atoms with Crippen molar-refractivity contribution in [2.24, 2.45) is 0 Å². The summed E-state index contributed by atoms with van der Waals surface area (Å²) in [6, 6.07) is -1.81. The van der Waals surface area contributed by atoms with E-state index in [2.05, 4.69) is 9.47 Å². The van der Waals surface area contributed by atoms with Gasteiger partial charge < -0.3 is 9.47 Å². The number of carbonyl (C=O) groups excluding carboxylic acids is 1. The molecule has 104 valence electrons. The Labute approximate surface area is 107 Å². The number of hydrogen-bond donors (Lipinski definition) is 0. The van der Waals surface area contributed by atoms with E-state index in [1.54, 1.807) is 0 Å². The van der Waals surface area contributed by atoms with Crippen LogP contribution in [-0.4, -0.2) is 33.9 Å². The van der Waals surface area contributed by atoms with Crippen molar-refractivity contribution in [1.29, 1.82) is 0 Å². The van der Waals surface area contributed by atoms with Crippen LogP contribution in [0.25, 0.3) is 0 Å². The molecule has 9 heteroatoms. The second kappa shape index (κ2) is 5.46. The van der Waals surface area contributed by atoms with Crippen LogP contribution >= 0.6 is 0 Å². The molecule has 1 aliphatic carbocycles. The van der Waals surface area contributed by atoms with Crippen LogP contribution in [0.4, 0.5) is 4.79 Å². The zero-order chi connectivity index (χ0) is 14.6. The van der Waals surface area contributed by atoms with Crippen molar-refractivity contribution in [2.75, 3.05) is 0 Å². The summed E-state index contributed by atoms with van der Waals surface area (Å²) in [5, 5.41) is 22.0. The highest BCUT2D eigenvalue weighted by atomic mass is 16.8. The van der Waals surface area contributed by atoms with Gasteiger partial charge in [-0.1, -0.05) is 12.2 Å². The van der Waals surface area contributed by atoms with Gasteiger partial charge >= 0.3 is 17.9 Å². The fourth-order valence-corrected chi connectivity index (χ4v) is 1.47. The first-order valence-corrected chi connectivity index (χ1v) is 5.33. The lowest BCUT2D eigenvalue weighted by molar-refractivity contribution is -0.672. The van der Waals surface area contributed by atoms with Gasteiger partial charge in [-0.15, -0.1) is 0 Å². The topological polar surface area (TPSA) is 122 Å². The third kappa shape index (κ3) is 3.06. The molecule has 1 aliphatic rings. The van der Waals surface area contributed by atoms with Gasteiger partial charge in [0.25, 0.3) is 0 Å². The van der Waals surface area contributed by atoms with Gasteiger partial charge in [-0.2, -0.15) is 0 Å². The van der Waals surface area contributed by atoms with Crippen LogP contribution in [0.5, 0.6) is 0 Å². The Morgan fingerprint density at radius 1 is 1.32 bits per heavy atom. The van der Waals surface area contributed by atoms with Crippen LogP contribution in [0.15, 0.2) is 24.3 Å². The van der Waals surface area contributed by atoms with E-state index < -0.39 is 33.9 Å². The summed E-state index contributed by atoms with van der Waals surface area (Å²) in [7, 11) is 0. The quantitative estimate of drug-likeness (QED) is 0.327. The minimum atomic E-state index is -2.59. The third-order valence-electron chi connectivity index (χ3n) is 2.25. The second-order valence-electron chi connectivity index (χ2n) is 4.00. The molecule has 0 fully saturated rings. The van der Waals surface area contributed by atoms with E-state index in [1.165, 1.54) is 26.0 Å². The summed E-state index contributed by atoms with van der Waals surface area (Å²) in [6.45, 7) is 3.03.